The van der Waals surface area contributed by atoms with Crippen LogP contribution in [-0.4, -0.2) is 32.3 Å². The van der Waals surface area contributed by atoms with E-state index in [1.165, 1.54) is 7.11 Å². The summed E-state index contributed by atoms with van der Waals surface area (Å²) in [5.74, 6) is 3.98. The third-order valence-corrected chi connectivity index (χ3v) is 3.76. The molecule has 0 N–H and O–H groups in total. The van der Waals surface area contributed by atoms with Crippen molar-refractivity contribution in [2.24, 2.45) is 0 Å². The number of benzene rings is 1. The predicted octanol–water partition coefficient (Wildman–Crippen LogP) is 2.43. The molecule has 1 aliphatic heterocycles. The van der Waals surface area contributed by atoms with Crippen molar-refractivity contribution in [1.82, 2.24) is 0 Å². The van der Waals surface area contributed by atoms with Gasteiger partial charge in [-0.05, 0) is 31.9 Å². The maximum Gasteiger partial charge on any atom is 0.384 e. The Morgan fingerprint density at radius 3 is 2.83 bits per heavy atom. The van der Waals surface area contributed by atoms with E-state index in [0.29, 0.717) is 29.2 Å². The van der Waals surface area contributed by atoms with Gasteiger partial charge in [0.2, 0.25) is 0 Å². The van der Waals surface area contributed by atoms with Crippen LogP contribution >= 0.6 is 11.6 Å². The summed E-state index contributed by atoms with van der Waals surface area (Å²) in [6.45, 7) is 2.39. The van der Waals surface area contributed by atoms with Gasteiger partial charge in [-0.2, -0.15) is 0 Å². The van der Waals surface area contributed by atoms with Crippen LogP contribution < -0.4 is 0 Å². The van der Waals surface area contributed by atoms with Gasteiger partial charge in [0.05, 0.1) is 13.7 Å². The van der Waals surface area contributed by atoms with Gasteiger partial charge in [-0.15, -0.1) is 0 Å². The second kappa shape index (κ2) is 7.49. The van der Waals surface area contributed by atoms with Gasteiger partial charge >= 0.3 is 11.9 Å². The molecule has 0 amide bonds. The first-order chi connectivity index (χ1) is 11.0. The van der Waals surface area contributed by atoms with E-state index in [1.807, 2.05) is 0 Å². The Morgan fingerprint density at radius 1 is 1.43 bits per heavy atom. The Balaban J connectivity index is 2.49. The summed E-state index contributed by atoms with van der Waals surface area (Å²) in [5.41, 5.74) is -0.223. The van der Waals surface area contributed by atoms with Gasteiger partial charge in [0.25, 0.3) is 0 Å². The van der Waals surface area contributed by atoms with E-state index in [9.17, 15) is 9.59 Å². The molecule has 1 aliphatic rings. The van der Waals surface area contributed by atoms with Gasteiger partial charge in [0.15, 0.2) is 5.60 Å². The average Bonchev–Trinajstić information content (AvgIpc) is 3.03. The Hall–Kier alpha value is -2.03. The van der Waals surface area contributed by atoms with E-state index < -0.39 is 17.5 Å². The normalized spacial score (nSPS) is 19.6. The molecule has 2 rings (SSSR count). The van der Waals surface area contributed by atoms with Gasteiger partial charge in [-0.1, -0.05) is 23.6 Å². The molecule has 0 aliphatic carbocycles. The van der Waals surface area contributed by atoms with E-state index in [-0.39, 0.29) is 6.61 Å². The minimum absolute atomic E-state index is 0.241. The Morgan fingerprint density at radius 2 is 2.22 bits per heavy atom. The third-order valence-electron chi connectivity index (χ3n) is 3.53. The molecule has 1 aromatic rings. The van der Waals surface area contributed by atoms with Gasteiger partial charge < -0.3 is 14.2 Å². The zero-order chi connectivity index (χ0) is 16.9. The fourth-order valence-electron chi connectivity index (χ4n) is 2.55. The van der Waals surface area contributed by atoms with Gasteiger partial charge in [0.1, 0.15) is 0 Å². The number of hydrogen-bond acceptors (Lipinski definition) is 5. The molecule has 5 nitrogen and oxygen atoms in total. The summed E-state index contributed by atoms with van der Waals surface area (Å²) >= 11 is 6.02. The molecule has 0 saturated carbocycles. The maximum absolute atomic E-state index is 12.3. The van der Waals surface area contributed by atoms with Crippen molar-refractivity contribution < 1.29 is 23.8 Å². The summed E-state index contributed by atoms with van der Waals surface area (Å²) in [6, 6.07) is 4.92. The maximum atomic E-state index is 12.3. The van der Waals surface area contributed by atoms with Gasteiger partial charge in [-0.3, -0.25) is 0 Å². The molecule has 1 heterocycles. The minimum atomic E-state index is -1.21. The van der Waals surface area contributed by atoms with Crippen LogP contribution in [0.3, 0.4) is 0 Å². The molecule has 0 bridgehead atoms. The lowest BCUT2D eigenvalue weighted by Gasteiger charge is -2.27. The van der Waals surface area contributed by atoms with Crippen LogP contribution in [0.1, 0.15) is 30.9 Å². The van der Waals surface area contributed by atoms with Crippen molar-refractivity contribution >= 4 is 23.5 Å². The fourth-order valence-corrected chi connectivity index (χ4v) is 2.72. The standard InChI is InChI=1S/C17H17ClO5/c1-3-22-15(19)8-5-12-11-13(18)6-7-14(12)17(16(20)21-2)9-4-10-23-17/h6-7,11H,3-4,9-10H2,1-2H3/t17-/m1/s1. The van der Waals surface area contributed by atoms with Crippen LogP contribution in [0.25, 0.3) is 0 Å². The van der Waals surface area contributed by atoms with Crippen LogP contribution in [0.5, 0.6) is 0 Å². The number of carbonyl (C=O) groups excluding carboxylic acids is 2. The average molecular weight is 337 g/mol. The highest BCUT2D eigenvalue weighted by atomic mass is 35.5. The lowest BCUT2D eigenvalue weighted by atomic mass is 9.87. The van der Waals surface area contributed by atoms with E-state index in [2.05, 4.69) is 11.8 Å². The minimum Gasteiger partial charge on any atom is -0.467 e. The van der Waals surface area contributed by atoms with E-state index in [4.69, 9.17) is 25.8 Å². The highest BCUT2D eigenvalue weighted by Crippen LogP contribution is 2.39. The summed E-state index contributed by atoms with van der Waals surface area (Å²) < 4.78 is 15.4. The third kappa shape index (κ3) is 3.66. The SMILES string of the molecule is CCOC(=O)C#Cc1cc(Cl)ccc1[C@@]1(C(=O)OC)CCCO1. The van der Waals surface area contributed by atoms with Crippen LogP contribution in [0, 0.1) is 11.8 Å². The topological polar surface area (TPSA) is 61.8 Å². The summed E-state index contributed by atoms with van der Waals surface area (Å²) in [7, 11) is 1.31. The Kier molecular flexibility index (Phi) is 5.64. The van der Waals surface area contributed by atoms with E-state index >= 15 is 0 Å². The van der Waals surface area contributed by atoms with Crippen molar-refractivity contribution in [3.63, 3.8) is 0 Å². The monoisotopic (exact) mass is 336 g/mol. The zero-order valence-electron chi connectivity index (χ0n) is 13.0. The molecule has 122 valence electrons. The number of ether oxygens (including phenoxy) is 3. The number of methoxy groups -OCH3 is 1. The Labute approximate surface area is 139 Å². The molecule has 0 aromatic heterocycles. The second-order valence-electron chi connectivity index (χ2n) is 4.93. The number of rotatable bonds is 3. The molecule has 0 radical (unpaired) electrons. The quantitative estimate of drug-likeness (QED) is 0.626. The van der Waals surface area contributed by atoms with Crippen molar-refractivity contribution in [1.29, 1.82) is 0 Å². The summed E-state index contributed by atoms with van der Waals surface area (Å²) in [6.07, 6.45) is 1.21. The number of hydrogen-bond donors (Lipinski definition) is 0. The molecule has 1 aromatic carbocycles. The van der Waals surface area contributed by atoms with E-state index in [1.54, 1.807) is 25.1 Å². The molecule has 0 spiro atoms. The van der Waals surface area contributed by atoms with Gasteiger partial charge in [0, 0.05) is 28.7 Å². The molecule has 23 heavy (non-hydrogen) atoms. The van der Waals surface area contributed by atoms with Crippen molar-refractivity contribution in [3.05, 3.63) is 34.3 Å². The molecular weight excluding hydrogens is 320 g/mol. The molecule has 0 unspecified atom stereocenters. The van der Waals surface area contributed by atoms with Crippen LogP contribution in [-0.2, 0) is 29.4 Å². The molecule has 6 heteroatoms. The summed E-state index contributed by atoms with van der Waals surface area (Å²) in [4.78, 5) is 23.7. The highest BCUT2D eigenvalue weighted by Gasteiger charge is 2.46. The molecule has 1 fully saturated rings. The fraction of sp³-hybridized carbons (Fsp3) is 0.412. The van der Waals surface area contributed by atoms with E-state index in [0.717, 1.165) is 6.42 Å². The predicted molar refractivity (Wildman–Crippen MR) is 83.8 cm³/mol. The lowest BCUT2D eigenvalue weighted by Crippen LogP contribution is -2.37. The van der Waals surface area contributed by atoms with Gasteiger partial charge in [-0.25, -0.2) is 9.59 Å². The first-order valence-corrected chi connectivity index (χ1v) is 7.62. The van der Waals surface area contributed by atoms with Crippen molar-refractivity contribution in [2.75, 3.05) is 20.3 Å². The highest BCUT2D eigenvalue weighted by molar-refractivity contribution is 6.30. The molecule has 1 saturated heterocycles. The zero-order valence-corrected chi connectivity index (χ0v) is 13.7. The smallest absolute Gasteiger partial charge is 0.384 e. The second-order valence-corrected chi connectivity index (χ2v) is 5.37. The van der Waals surface area contributed by atoms with Crippen molar-refractivity contribution in [2.45, 2.75) is 25.4 Å². The lowest BCUT2D eigenvalue weighted by molar-refractivity contribution is -0.165. The van der Waals surface area contributed by atoms with Crippen LogP contribution in [0.4, 0.5) is 0 Å². The number of halogens is 1. The first kappa shape index (κ1) is 17.3. The number of esters is 2. The largest absolute Gasteiger partial charge is 0.467 e. The van der Waals surface area contributed by atoms with Crippen LogP contribution in [0.2, 0.25) is 5.02 Å². The molecule has 1 atom stereocenters. The van der Waals surface area contributed by atoms with Crippen molar-refractivity contribution in [3.8, 4) is 11.8 Å². The van der Waals surface area contributed by atoms with Crippen LogP contribution in [0.15, 0.2) is 18.2 Å². The molecular formula is C17H17ClO5. The first-order valence-electron chi connectivity index (χ1n) is 7.24. The number of carbonyl (C=O) groups is 2. The summed E-state index contributed by atoms with van der Waals surface area (Å²) in [5, 5.41) is 0.444. The Bertz CT molecular complexity index is 665.